The van der Waals surface area contributed by atoms with Crippen LogP contribution in [0.1, 0.15) is 41.0 Å². The topological polar surface area (TPSA) is 105 Å². The Morgan fingerprint density at radius 2 is 2.00 bits per heavy atom. The lowest BCUT2D eigenvalue weighted by atomic mass is 9.90. The summed E-state index contributed by atoms with van der Waals surface area (Å²) in [6.07, 6.45) is 0.782. The Labute approximate surface area is 179 Å². The highest BCUT2D eigenvalue weighted by atomic mass is 32.2. The molecule has 158 valence electrons. The quantitative estimate of drug-likeness (QED) is 0.582. The Hall–Kier alpha value is -2.86. The Kier molecular flexibility index (Phi) is 6.17. The molecule has 0 aliphatic heterocycles. The summed E-state index contributed by atoms with van der Waals surface area (Å²) >= 11 is 1.25. The third-order valence-corrected chi connectivity index (χ3v) is 6.39. The van der Waals surface area contributed by atoms with Gasteiger partial charge in [-0.15, -0.1) is 10.2 Å². The molecular formula is C21H26N6O2S. The zero-order valence-electron chi connectivity index (χ0n) is 17.8. The number of amides is 1. The second-order valence-electron chi connectivity index (χ2n) is 7.81. The van der Waals surface area contributed by atoms with Crippen molar-refractivity contribution in [3.05, 3.63) is 34.6 Å². The number of nitrogens with zero attached hydrogens (tertiary/aromatic N) is 5. The van der Waals surface area contributed by atoms with Crippen LogP contribution in [0.2, 0.25) is 0 Å². The number of hydrogen-bond acceptors (Lipinski definition) is 6. The van der Waals surface area contributed by atoms with Crippen molar-refractivity contribution in [3.8, 4) is 6.07 Å². The van der Waals surface area contributed by atoms with Gasteiger partial charge in [-0.2, -0.15) is 5.26 Å². The number of carbonyl (C=O) groups is 1. The predicted octanol–water partition coefficient (Wildman–Crippen LogP) is 2.99. The maximum absolute atomic E-state index is 12.9. The van der Waals surface area contributed by atoms with E-state index in [0.29, 0.717) is 28.4 Å². The molecule has 0 radical (unpaired) electrons. The summed E-state index contributed by atoms with van der Waals surface area (Å²) in [6, 6.07) is 9.51. The van der Waals surface area contributed by atoms with Crippen molar-refractivity contribution in [2.75, 3.05) is 0 Å². The summed E-state index contributed by atoms with van der Waals surface area (Å²) in [5.41, 5.74) is -0.349. The molecule has 3 rings (SSSR count). The highest BCUT2D eigenvalue weighted by Crippen LogP contribution is 2.26. The molecule has 0 saturated carbocycles. The Bertz CT molecular complexity index is 1190. The summed E-state index contributed by atoms with van der Waals surface area (Å²) in [5.74, 6) is 0.172. The van der Waals surface area contributed by atoms with E-state index < -0.39 is 10.8 Å². The van der Waals surface area contributed by atoms with Crippen LogP contribution in [0, 0.1) is 17.2 Å². The number of carbonyl (C=O) groups excluding carboxylic acids is 1. The monoisotopic (exact) mass is 426 g/mol. The minimum atomic E-state index is -0.951. The van der Waals surface area contributed by atoms with Gasteiger partial charge in [0.1, 0.15) is 5.54 Å². The zero-order valence-corrected chi connectivity index (χ0v) is 18.7. The summed E-state index contributed by atoms with van der Waals surface area (Å²) in [6.45, 7) is 9.80. The molecule has 1 N–H and O–H groups in total. The summed E-state index contributed by atoms with van der Waals surface area (Å²) in [7, 11) is 0. The molecule has 1 amide bonds. The van der Waals surface area contributed by atoms with Gasteiger partial charge in [-0.3, -0.25) is 18.6 Å². The average molecular weight is 427 g/mol. The van der Waals surface area contributed by atoms with Gasteiger partial charge in [-0.05, 0) is 38.3 Å². The van der Waals surface area contributed by atoms with E-state index in [2.05, 4.69) is 21.6 Å². The van der Waals surface area contributed by atoms with Crippen LogP contribution in [-0.2, 0) is 11.3 Å². The number of para-hydroxylation sites is 1. The van der Waals surface area contributed by atoms with E-state index in [9.17, 15) is 14.9 Å². The molecule has 2 atom stereocenters. The highest BCUT2D eigenvalue weighted by Gasteiger charge is 2.32. The van der Waals surface area contributed by atoms with E-state index in [1.165, 1.54) is 11.8 Å². The van der Waals surface area contributed by atoms with E-state index in [1.54, 1.807) is 24.5 Å². The normalized spacial score (nSPS) is 14.6. The first-order valence-electron chi connectivity index (χ1n) is 10.00. The molecule has 1 aromatic carbocycles. The molecule has 9 heteroatoms. The predicted molar refractivity (Wildman–Crippen MR) is 117 cm³/mol. The van der Waals surface area contributed by atoms with Crippen LogP contribution in [0.4, 0.5) is 0 Å². The minimum absolute atomic E-state index is 0.0370. The van der Waals surface area contributed by atoms with Crippen molar-refractivity contribution in [3.63, 3.8) is 0 Å². The van der Waals surface area contributed by atoms with Crippen molar-refractivity contribution >= 4 is 34.3 Å². The van der Waals surface area contributed by atoms with Crippen LogP contribution in [0.5, 0.6) is 0 Å². The maximum Gasteiger partial charge on any atom is 0.262 e. The molecule has 2 aromatic heterocycles. The standard InChI is InChI=1S/C21H26N6O2S/c1-6-11-26-18(29)15-9-7-8-10-16(15)27-19(26)24-25-20(27)30-14(4)17(28)23-21(5,12-22)13(2)3/h7-10,13-14H,6,11H2,1-5H3,(H,23,28)/t14-,21+/m0/s1. The number of fused-ring (bicyclic) bond motifs is 3. The van der Waals surface area contributed by atoms with Crippen LogP contribution in [-0.4, -0.2) is 35.9 Å². The first-order chi connectivity index (χ1) is 14.2. The zero-order chi connectivity index (χ0) is 22.1. The van der Waals surface area contributed by atoms with Gasteiger partial charge < -0.3 is 5.32 Å². The molecule has 0 spiro atoms. The van der Waals surface area contributed by atoms with Crippen molar-refractivity contribution in [2.45, 2.75) is 63.5 Å². The van der Waals surface area contributed by atoms with Crippen LogP contribution in [0.25, 0.3) is 16.7 Å². The number of benzene rings is 1. The second kappa shape index (κ2) is 8.48. The Morgan fingerprint density at radius 3 is 2.63 bits per heavy atom. The van der Waals surface area contributed by atoms with E-state index in [-0.39, 0.29) is 17.4 Å². The molecule has 8 nitrogen and oxygen atoms in total. The maximum atomic E-state index is 12.9. The summed E-state index contributed by atoms with van der Waals surface area (Å²) < 4.78 is 3.45. The first kappa shape index (κ1) is 21.8. The number of aromatic nitrogens is 4. The number of rotatable bonds is 7. The largest absolute Gasteiger partial charge is 0.337 e. The third-order valence-electron chi connectivity index (χ3n) is 5.35. The van der Waals surface area contributed by atoms with Crippen LogP contribution >= 0.6 is 11.8 Å². The van der Waals surface area contributed by atoms with Crippen LogP contribution in [0.3, 0.4) is 0 Å². The lowest BCUT2D eigenvalue weighted by Gasteiger charge is -2.28. The first-order valence-corrected chi connectivity index (χ1v) is 10.9. The second-order valence-corrected chi connectivity index (χ2v) is 9.12. The highest BCUT2D eigenvalue weighted by molar-refractivity contribution is 8.00. The van der Waals surface area contributed by atoms with Gasteiger partial charge in [-0.1, -0.05) is 44.7 Å². The number of nitriles is 1. The van der Waals surface area contributed by atoms with Crippen LogP contribution in [0.15, 0.2) is 34.2 Å². The molecule has 0 bridgehead atoms. The van der Waals surface area contributed by atoms with Crippen molar-refractivity contribution in [2.24, 2.45) is 5.92 Å². The molecule has 2 heterocycles. The van der Waals surface area contributed by atoms with Gasteiger partial charge in [0.2, 0.25) is 11.7 Å². The Balaban J connectivity index is 2.03. The van der Waals surface area contributed by atoms with Crippen molar-refractivity contribution in [1.82, 2.24) is 24.5 Å². The minimum Gasteiger partial charge on any atom is -0.337 e. The number of hydrogen-bond donors (Lipinski definition) is 1. The van der Waals surface area contributed by atoms with E-state index in [4.69, 9.17) is 0 Å². The van der Waals surface area contributed by atoms with Gasteiger partial charge in [0, 0.05) is 6.54 Å². The van der Waals surface area contributed by atoms with Crippen molar-refractivity contribution in [1.29, 1.82) is 5.26 Å². The van der Waals surface area contributed by atoms with E-state index >= 15 is 0 Å². The smallest absolute Gasteiger partial charge is 0.262 e. The average Bonchev–Trinajstić information content (AvgIpc) is 3.14. The lowest BCUT2D eigenvalue weighted by Crippen LogP contribution is -2.51. The fraction of sp³-hybridized carbons (Fsp3) is 0.476. The molecule has 0 fully saturated rings. The molecular weight excluding hydrogens is 400 g/mol. The summed E-state index contributed by atoms with van der Waals surface area (Å²) in [4.78, 5) is 25.7. The van der Waals surface area contributed by atoms with Gasteiger partial charge in [0.15, 0.2) is 5.16 Å². The fourth-order valence-electron chi connectivity index (χ4n) is 3.11. The van der Waals surface area contributed by atoms with Gasteiger partial charge in [-0.25, -0.2) is 0 Å². The fourth-order valence-corrected chi connectivity index (χ4v) is 3.96. The molecule has 0 aliphatic carbocycles. The number of nitrogens with one attached hydrogen (secondary N) is 1. The van der Waals surface area contributed by atoms with Gasteiger partial charge in [0.05, 0.1) is 22.2 Å². The molecule has 30 heavy (non-hydrogen) atoms. The molecule has 0 saturated heterocycles. The van der Waals surface area contributed by atoms with Gasteiger partial charge in [0.25, 0.3) is 5.56 Å². The summed E-state index contributed by atoms with van der Waals surface area (Å²) in [5, 5.41) is 21.4. The number of aryl methyl sites for hydroxylation is 1. The van der Waals surface area contributed by atoms with E-state index in [0.717, 1.165) is 6.42 Å². The lowest BCUT2D eigenvalue weighted by molar-refractivity contribution is -0.121. The Morgan fingerprint density at radius 1 is 1.30 bits per heavy atom. The van der Waals surface area contributed by atoms with E-state index in [1.807, 2.05) is 43.4 Å². The molecule has 3 aromatic rings. The van der Waals surface area contributed by atoms with Crippen molar-refractivity contribution < 1.29 is 4.79 Å². The third kappa shape index (κ3) is 3.79. The van der Waals surface area contributed by atoms with Gasteiger partial charge >= 0.3 is 0 Å². The van der Waals surface area contributed by atoms with Crippen LogP contribution < -0.4 is 10.9 Å². The SMILES string of the molecule is CCCn1c(=O)c2ccccc2n2c(S[C@@H](C)C(=O)N[C@](C)(C#N)C(C)C)nnc12. The number of thioether (sulfide) groups is 1. The molecule has 0 aliphatic rings. The molecule has 0 unspecified atom stereocenters.